The van der Waals surface area contributed by atoms with Crippen molar-refractivity contribution in [3.05, 3.63) is 35.4 Å². The topological polar surface area (TPSA) is 74.7 Å². The molecule has 0 saturated carbocycles. The molecule has 0 spiro atoms. The van der Waals surface area contributed by atoms with Gasteiger partial charge in [0.1, 0.15) is 0 Å². The number of sulfonamides is 1. The van der Waals surface area contributed by atoms with Gasteiger partial charge in [-0.2, -0.15) is 0 Å². The number of hydrogen-bond donors (Lipinski definition) is 1. The molecule has 17 heavy (non-hydrogen) atoms. The lowest BCUT2D eigenvalue weighted by Crippen LogP contribution is -2.24. The van der Waals surface area contributed by atoms with Crippen LogP contribution < -0.4 is 0 Å². The largest absolute Gasteiger partial charge is 0.481 e. The zero-order valence-corrected chi connectivity index (χ0v) is 10.6. The molecule has 0 aliphatic rings. The SMILES string of the molecule is CN(Cc1ccc(CC(=O)O)cc1)S(C)(=O)=O. The van der Waals surface area contributed by atoms with E-state index in [9.17, 15) is 13.2 Å². The number of nitrogens with zero attached hydrogens (tertiary/aromatic N) is 1. The Labute approximate surface area is 101 Å². The number of carboxylic acid groups (broad SMARTS) is 1. The van der Waals surface area contributed by atoms with Gasteiger partial charge in [0, 0.05) is 13.6 Å². The van der Waals surface area contributed by atoms with Crippen LogP contribution in [-0.2, 0) is 27.8 Å². The van der Waals surface area contributed by atoms with Gasteiger partial charge in [-0.1, -0.05) is 24.3 Å². The minimum absolute atomic E-state index is 0.0256. The number of hydrogen-bond acceptors (Lipinski definition) is 3. The minimum Gasteiger partial charge on any atom is -0.481 e. The van der Waals surface area contributed by atoms with Crippen LogP contribution in [0.1, 0.15) is 11.1 Å². The van der Waals surface area contributed by atoms with Crippen LogP contribution >= 0.6 is 0 Å². The third kappa shape index (κ3) is 4.54. The van der Waals surface area contributed by atoms with Gasteiger partial charge in [-0.15, -0.1) is 0 Å². The Morgan fingerprint density at radius 3 is 2.12 bits per heavy atom. The summed E-state index contributed by atoms with van der Waals surface area (Å²) in [6.45, 7) is 0.284. The molecule has 1 aromatic rings. The van der Waals surface area contributed by atoms with Crippen molar-refractivity contribution in [2.45, 2.75) is 13.0 Å². The second-order valence-electron chi connectivity index (χ2n) is 3.91. The predicted molar refractivity (Wildman–Crippen MR) is 64.1 cm³/mol. The fraction of sp³-hybridized carbons (Fsp3) is 0.364. The monoisotopic (exact) mass is 257 g/mol. The molecule has 1 rings (SSSR count). The summed E-state index contributed by atoms with van der Waals surface area (Å²) < 4.78 is 23.6. The molecule has 0 heterocycles. The van der Waals surface area contributed by atoms with Crippen LogP contribution in [0.25, 0.3) is 0 Å². The Bertz CT molecular complexity index is 493. The van der Waals surface area contributed by atoms with Crippen LogP contribution in [0.2, 0.25) is 0 Å². The number of benzene rings is 1. The lowest BCUT2D eigenvalue weighted by Gasteiger charge is -2.14. The Balaban J connectivity index is 2.72. The summed E-state index contributed by atoms with van der Waals surface area (Å²) in [7, 11) is -1.69. The molecule has 0 bridgehead atoms. The van der Waals surface area contributed by atoms with E-state index in [2.05, 4.69) is 0 Å². The molecule has 0 amide bonds. The van der Waals surface area contributed by atoms with E-state index in [-0.39, 0.29) is 13.0 Å². The maximum absolute atomic E-state index is 11.2. The van der Waals surface area contributed by atoms with Crippen molar-refractivity contribution in [1.82, 2.24) is 4.31 Å². The van der Waals surface area contributed by atoms with Crippen molar-refractivity contribution in [3.8, 4) is 0 Å². The van der Waals surface area contributed by atoms with Crippen LogP contribution in [0.4, 0.5) is 0 Å². The van der Waals surface area contributed by atoms with E-state index in [1.54, 1.807) is 24.3 Å². The van der Waals surface area contributed by atoms with Gasteiger partial charge >= 0.3 is 5.97 Å². The second-order valence-corrected chi connectivity index (χ2v) is 6.00. The quantitative estimate of drug-likeness (QED) is 0.842. The van der Waals surface area contributed by atoms with Crippen molar-refractivity contribution >= 4 is 16.0 Å². The summed E-state index contributed by atoms with van der Waals surface area (Å²) in [4.78, 5) is 10.5. The predicted octanol–water partition coefficient (Wildman–Crippen LogP) is 0.705. The highest BCUT2D eigenvalue weighted by molar-refractivity contribution is 7.88. The summed E-state index contributed by atoms with van der Waals surface area (Å²) in [6, 6.07) is 6.86. The molecule has 1 N–H and O–H groups in total. The zero-order valence-electron chi connectivity index (χ0n) is 9.75. The van der Waals surface area contributed by atoms with Crippen molar-refractivity contribution in [2.75, 3.05) is 13.3 Å². The van der Waals surface area contributed by atoms with E-state index in [1.165, 1.54) is 11.4 Å². The number of carbonyl (C=O) groups is 1. The van der Waals surface area contributed by atoms with Crippen LogP contribution in [-0.4, -0.2) is 37.1 Å². The fourth-order valence-corrected chi connectivity index (χ4v) is 1.70. The highest BCUT2D eigenvalue weighted by atomic mass is 32.2. The molecule has 1 aromatic carbocycles. The molecular formula is C11H15NO4S. The number of aliphatic carboxylic acids is 1. The first-order valence-electron chi connectivity index (χ1n) is 5.00. The Morgan fingerprint density at radius 2 is 1.71 bits per heavy atom. The first-order valence-corrected chi connectivity index (χ1v) is 6.85. The van der Waals surface area contributed by atoms with Gasteiger partial charge < -0.3 is 5.11 Å². The van der Waals surface area contributed by atoms with Crippen molar-refractivity contribution in [3.63, 3.8) is 0 Å². The van der Waals surface area contributed by atoms with Gasteiger partial charge in [-0.3, -0.25) is 4.79 Å². The van der Waals surface area contributed by atoms with Gasteiger partial charge in [-0.25, -0.2) is 12.7 Å². The van der Waals surface area contributed by atoms with E-state index >= 15 is 0 Å². The van der Waals surface area contributed by atoms with Gasteiger partial charge in [0.25, 0.3) is 0 Å². The smallest absolute Gasteiger partial charge is 0.307 e. The average Bonchev–Trinajstić information content (AvgIpc) is 2.18. The maximum Gasteiger partial charge on any atom is 0.307 e. The summed E-state index contributed by atoms with van der Waals surface area (Å²) in [5.41, 5.74) is 1.52. The number of carboxylic acids is 1. The summed E-state index contributed by atoms with van der Waals surface area (Å²) in [6.07, 6.45) is 1.12. The van der Waals surface area contributed by atoms with Gasteiger partial charge in [0.2, 0.25) is 10.0 Å². The molecule has 0 saturated heterocycles. The molecule has 0 atom stereocenters. The molecular weight excluding hydrogens is 242 g/mol. The molecule has 94 valence electrons. The molecule has 0 aliphatic carbocycles. The highest BCUT2D eigenvalue weighted by Crippen LogP contribution is 2.09. The Morgan fingerprint density at radius 1 is 1.24 bits per heavy atom. The maximum atomic E-state index is 11.2. The van der Waals surface area contributed by atoms with Gasteiger partial charge in [0.05, 0.1) is 12.7 Å². The molecule has 0 fully saturated rings. The molecule has 5 nitrogen and oxygen atoms in total. The summed E-state index contributed by atoms with van der Waals surface area (Å²) in [5.74, 6) is -0.883. The molecule has 0 aromatic heterocycles. The first-order chi connectivity index (χ1) is 7.79. The van der Waals surface area contributed by atoms with E-state index in [0.29, 0.717) is 5.56 Å². The third-order valence-corrected chi connectivity index (χ3v) is 3.61. The molecule has 6 heteroatoms. The van der Waals surface area contributed by atoms with Crippen molar-refractivity contribution in [2.24, 2.45) is 0 Å². The van der Waals surface area contributed by atoms with Crippen LogP contribution in [0.15, 0.2) is 24.3 Å². The highest BCUT2D eigenvalue weighted by Gasteiger charge is 2.11. The normalized spacial score (nSPS) is 11.7. The lowest BCUT2D eigenvalue weighted by molar-refractivity contribution is -0.136. The van der Waals surface area contributed by atoms with E-state index in [0.717, 1.165) is 11.8 Å². The van der Waals surface area contributed by atoms with E-state index < -0.39 is 16.0 Å². The summed E-state index contributed by atoms with van der Waals surface area (Å²) in [5, 5.41) is 8.60. The number of rotatable bonds is 5. The standard InChI is InChI=1S/C11H15NO4S/c1-12(17(2,15)16)8-10-5-3-9(4-6-10)7-11(13)14/h3-6H,7-8H2,1-2H3,(H,13,14). The molecule has 0 unspecified atom stereocenters. The van der Waals surface area contributed by atoms with Crippen LogP contribution in [0.5, 0.6) is 0 Å². The van der Waals surface area contributed by atoms with Gasteiger partial charge in [0.15, 0.2) is 0 Å². The van der Waals surface area contributed by atoms with E-state index in [1.807, 2.05) is 0 Å². The Hall–Kier alpha value is -1.40. The third-order valence-electron chi connectivity index (χ3n) is 2.35. The zero-order chi connectivity index (χ0) is 13.1. The lowest BCUT2D eigenvalue weighted by atomic mass is 10.1. The molecule has 0 aliphatic heterocycles. The van der Waals surface area contributed by atoms with Gasteiger partial charge in [-0.05, 0) is 11.1 Å². The average molecular weight is 257 g/mol. The molecule has 0 radical (unpaired) electrons. The Kier molecular flexibility index (Phi) is 4.25. The first kappa shape index (κ1) is 13.7. The fourth-order valence-electron chi connectivity index (χ4n) is 1.31. The van der Waals surface area contributed by atoms with Crippen LogP contribution in [0.3, 0.4) is 0 Å². The van der Waals surface area contributed by atoms with E-state index in [4.69, 9.17) is 5.11 Å². The van der Waals surface area contributed by atoms with Crippen LogP contribution in [0, 0.1) is 0 Å². The van der Waals surface area contributed by atoms with Crippen molar-refractivity contribution in [1.29, 1.82) is 0 Å². The van der Waals surface area contributed by atoms with Crippen molar-refractivity contribution < 1.29 is 18.3 Å². The minimum atomic E-state index is -3.19. The second kappa shape index (κ2) is 5.29. The summed E-state index contributed by atoms with van der Waals surface area (Å²) >= 11 is 0.